The van der Waals surface area contributed by atoms with Gasteiger partial charge < -0.3 is 10.6 Å². The summed E-state index contributed by atoms with van der Waals surface area (Å²) in [5, 5.41) is 5.23. The Morgan fingerprint density at radius 2 is 1.74 bits per heavy atom. The van der Waals surface area contributed by atoms with Crippen LogP contribution in [0, 0.1) is 17.7 Å². The molecular formula is C17H24FN3O2. The van der Waals surface area contributed by atoms with E-state index in [2.05, 4.69) is 29.4 Å². The first-order valence-electron chi connectivity index (χ1n) is 7.97. The van der Waals surface area contributed by atoms with Crippen LogP contribution in [0.1, 0.15) is 20.3 Å². The van der Waals surface area contributed by atoms with E-state index >= 15 is 0 Å². The van der Waals surface area contributed by atoms with Gasteiger partial charge in [0.15, 0.2) is 0 Å². The van der Waals surface area contributed by atoms with Crippen molar-refractivity contribution in [3.05, 3.63) is 30.1 Å². The predicted octanol–water partition coefficient (Wildman–Crippen LogP) is 1.86. The van der Waals surface area contributed by atoms with Crippen molar-refractivity contribution in [2.24, 2.45) is 11.8 Å². The number of nitrogens with zero attached hydrogens (tertiary/aromatic N) is 1. The van der Waals surface area contributed by atoms with Crippen molar-refractivity contribution in [3.63, 3.8) is 0 Å². The highest BCUT2D eigenvalue weighted by molar-refractivity contribution is 5.94. The minimum atomic E-state index is -0.360. The van der Waals surface area contributed by atoms with Gasteiger partial charge in [0.1, 0.15) is 5.82 Å². The first-order chi connectivity index (χ1) is 10.9. The highest BCUT2D eigenvalue weighted by atomic mass is 19.1. The van der Waals surface area contributed by atoms with Crippen LogP contribution in [-0.2, 0) is 9.59 Å². The molecule has 0 bridgehead atoms. The number of piperidine rings is 1. The maximum absolute atomic E-state index is 12.8. The van der Waals surface area contributed by atoms with Gasteiger partial charge in [-0.2, -0.15) is 0 Å². The van der Waals surface area contributed by atoms with Crippen molar-refractivity contribution in [3.8, 4) is 0 Å². The van der Waals surface area contributed by atoms with E-state index in [1.54, 1.807) is 0 Å². The Morgan fingerprint density at radius 3 is 2.35 bits per heavy atom. The number of amides is 2. The van der Waals surface area contributed by atoms with Crippen molar-refractivity contribution < 1.29 is 14.0 Å². The normalized spacial score (nSPS) is 21.7. The molecule has 23 heavy (non-hydrogen) atoms. The summed E-state index contributed by atoms with van der Waals surface area (Å²) in [4.78, 5) is 25.8. The Bertz CT molecular complexity index is 537. The third-order valence-corrected chi connectivity index (χ3v) is 3.89. The van der Waals surface area contributed by atoms with Crippen LogP contribution >= 0.6 is 0 Å². The van der Waals surface area contributed by atoms with Crippen molar-refractivity contribution in [1.82, 2.24) is 10.2 Å². The molecule has 2 amide bonds. The van der Waals surface area contributed by atoms with E-state index in [-0.39, 0.29) is 24.2 Å². The molecule has 126 valence electrons. The summed E-state index contributed by atoms with van der Waals surface area (Å²) in [6.45, 7) is 6.44. The molecule has 5 nitrogen and oxygen atoms in total. The molecule has 2 N–H and O–H groups in total. The lowest BCUT2D eigenvalue weighted by atomic mass is 9.92. The van der Waals surface area contributed by atoms with Crippen LogP contribution in [0.3, 0.4) is 0 Å². The monoisotopic (exact) mass is 321 g/mol. The second kappa shape index (κ2) is 8.06. The molecular weight excluding hydrogens is 297 g/mol. The summed E-state index contributed by atoms with van der Waals surface area (Å²) < 4.78 is 12.8. The fraction of sp³-hybridized carbons (Fsp3) is 0.529. The number of carbonyl (C=O) groups is 2. The molecule has 1 aliphatic rings. The summed E-state index contributed by atoms with van der Waals surface area (Å²) in [7, 11) is 0. The fourth-order valence-electron chi connectivity index (χ4n) is 3.10. The van der Waals surface area contributed by atoms with Crippen molar-refractivity contribution in [2.45, 2.75) is 20.3 Å². The molecule has 0 saturated carbocycles. The fourth-order valence-corrected chi connectivity index (χ4v) is 3.10. The highest BCUT2D eigenvalue weighted by Gasteiger charge is 2.23. The summed E-state index contributed by atoms with van der Waals surface area (Å²) in [6, 6.07) is 5.50. The van der Waals surface area contributed by atoms with E-state index < -0.39 is 0 Å². The smallest absolute Gasteiger partial charge is 0.243 e. The topological polar surface area (TPSA) is 61.4 Å². The van der Waals surface area contributed by atoms with Crippen LogP contribution in [0.2, 0.25) is 0 Å². The second-order valence-electron chi connectivity index (χ2n) is 6.47. The molecule has 1 aliphatic heterocycles. The Kier molecular flexibility index (Phi) is 6.10. The first-order valence-corrected chi connectivity index (χ1v) is 7.97. The lowest BCUT2D eigenvalue weighted by Crippen LogP contribution is -2.45. The summed E-state index contributed by atoms with van der Waals surface area (Å²) in [6.07, 6.45) is 1.19. The number of benzene rings is 1. The lowest BCUT2D eigenvalue weighted by molar-refractivity contribution is -0.125. The van der Waals surface area contributed by atoms with Crippen LogP contribution in [0.15, 0.2) is 24.3 Å². The average molecular weight is 321 g/mol. The van der Waals surface area contributed by atoms with Gasteiger partial charge in [0.2, 0.25) is 11.8 Å². The maximum atomic E-state index is 12.8. The van der Waals surface area contributed by atoms with Crippen molar-refractivity contribution in [2.75, 3.05) is 31.5 Å². The largest absolute Gasteiger partial charge is 0.346 e. The highest BCUT2D eigenvalue weighted by Crippen LogP contribution is 2.20. The van der Waals surface area contributed by atoms with Gasteiger partial charge in [0.05, 0.1) is 13.1 Å². The quantitative estimate of drug-likeness (QED) is 0.870. The molecule has 1 fully saturated rings. The van der Waals surface area contributed by atoms with E-state index in [1.807, 2.05) is 0 Å². The van der Waals surface area contributed by atoms with Crippen molar-refractivity contribution >= 4 is 17.5 Å². The zero-order chi connectivity index (χ0) is 16.8. The molecule has 2 rings (SSSR count). The molecule has 1 heterocycles. The van der Waals surface area contributed by atoms with Gasteiger partial charge in [-0.15, -0.1) is 0 Å². The zero-order valence-corrected chi connectivity index (χ0v) is 13.6. The molecule has 0 aromatic heterocycles. The van der Waals surface area contributed by atoms with Gasteiger partial charge in [-0.1, -0.05) is 13.8 Å². The molecule has 1 saturated heterocycles. The molecule has 2 atom stereocenters. The number of rotatable bonds is 5. The third kappa shape index (κ3) is 5.98. The maximum Gasteiger partial charge on any atom is 0.243 e. The van der Waals surface area contributed by atoms with E-state index in [0.717, 1.165) is 13.1 Å². The summed E-state index contributed by atoms with van der Waals surface area (Å²) >= 11 is 0. The molecule has 1 aromatic rings. The minimum absolute atomic E-state index is 0.0881. The average Bonchev–Trinajstić information content (AvgIpc) is 2.46. The molecule has 0 unspecified atom stereocenters. The van der Waals surface area contributed by atoms with E-state index in [4.69, 9.17) is 0 Å². The molecule has 0 spiro atoms. The van der Waals surface area contributed by atoms with Crippen LogP contribution in [0.25, 0.3) is 0 Å². The van der Waals surface area contributed by atoms with Gasteiger partial charge in [0.25, 0.3) is 0 Å². The second-order valence-corrected chi connectivity index (χ2v) is 6.47. The van der Waals surface area contributed by atoms with Gasteiger partial charge in [0, 0.05) is 18.8 Å². The number of carbonyl (C=O) groups excluding carboxylic acids is 2. The SMILES string of the molecule is C[C@@H]1C[C@H](C)CN(CC(=O)NCC(=O)Nc2ccc(F)cc2)C1. The molecule has 1 aromatic carbocycles. The van der Waals surface area contributed by atoms with Gasteiger partial charge in [-0.25, -0.2) is 4.39 Å². The number of nitrogens with one attached hydrogen (secondary N) is 2. The van der Waals surface area contributed by atoms with Crippen LogP contribution in [0.5, 0.6) is 0 Å². The summed E-state index contributed by atoms with van der Waals surface area (Å²) in [5.74, 6) is 0.342. The Hall–Kier alpha value is -1.95. The molecule has 6 heteroatoms. The minimum Gasteiger partial charge on any atom is -0.346 e. The Labute approximate surface area is 136 Å². The van der Waals surface area contributed by atoms with Crippen LogP contribution in [0.4, 0.5) is 10.1 Å². The van der Waals surface area contributed by atoms with Crippen molar-refractivity contribution in [1.29, 1.82) is 0 Å². The number of halogens is 1. The summed E-state index contributed by atoms with van der Waals surface area (Å²) in [5.41, 5.74) is 0.504. The van der Waals surface area contributed by atoms with Gasteiger partial charge >= 0.3 is 0 Å². The standard InChI is InChI=1S/C17H24FN3O2/c1-12-7-13(2)10-21(9-12)11-17(23)19-8-16(22)20-15-5-3-14(18)4-6-15/h3-6,12-13H,7-11H2,1-2H3,(H,19,23)(H,20,22)/t12-,13+. The zero-order valence-electron chi connectivity index (χ0n) is 13.6. The first kappa shape index (κ1) is 17.4. The van der Waals surface area contributed by atoms with E-state index in [0.29, 0.717) is 24.1 Å². The van der Waals surface area contributed by atoms with E-state index in [9.17, 15) is 14.0 Å². The Balaban J connectivity index is 1.71. The van der Waals surface area contributed by atoms with Crippen LogP contribution < -0.4 is 10.6 Å². The predicted molar refractivity (Wildman–Crippen MR) is 87.4 cm³/mol. The molecule has 0 aliphatic carbocycles. The number of likely N-dealkylation sites (tertiary alicyclic amines) is 1. The Morgan fingerprint density at radius 1 is 1.13 bits per heavy atom. The lowest BCUT2D eigenvalue weighted by Gasteiger charge is -2.34. The van der Waals surface area contributed by atoms with E-state index in [1.165, 1.54) is 30.7 Å². The van der Waals surface area contributed by atoms with Crippen LogP contribution in [-0.4, -0.2) is 42.9 Å². The molecule has 0 radical (unpaired) electrons. The van der Waals surface area contributed by atoms with Gasteiger partial charge in [-0.05, 0) is 42.5 Å². The number of anilines is 1. The number of hydrogen-bond acceptors (Lipinski definition) is 3. The van der Waals surface area contributed by atoms with Gasteiger partial charge in [-0.3, -0.25) is 14.5 Å². The third-order valence-electron chi connectivity index (χ3n) is 3.89. The number of hydrogen-bond donors (Lipinski definition) is 2.